The third-order valence-corrected chi connectivity index (χ3v) is 3.48. The molecule has 3 rings (SSSR count). The van der Waals surface area contributed by atoms with Crippen molar-refractivity contribution >= 4 is 0 Å². The molecule has 2 nitrogen and oxygen atoms in total. The van der Waals surface area contributed by atoms with Gasteiger partial charge in [0, 0.05) is 11.8 Å². The molecule has 0 radical (unpaired) electrons. The molecule has 0 aliphatic heterocycles. The zero-order chi connectivity index (χ0) is 11.8. The third-order valence-electron chi connectivity index (χ3n) is 3.48. The fraction of sp³-hybridized carbons (Fsp3) is 0.357. The van der Waals surface area contributed by atoms with Gasteiger partial charge in [0.15, 0.2) is 0 Å². The van der Waals surface area contributed by atoms with E-state index in [1.165, 1.54) is 18.9 Å². The van der Waals surface area contributed by atoms with E-state index in [1.807, 2.05) is 23.1 Å². The lowest BCUT2D eigenvalue weighted by molar-refractivity contribution is 0.440. The Hall–Kier alpha value is -1.64. The summed E-state index contributed by atoms with van der Waals surface area (Å²) in [5.74, 6) is 0.570. The van der Waals surface area contributed by atoms with Gasteiger partial charge in [0.1, 0.15) is 5.82 Å². The van der Waals surface area contributed by atoms with Crippen molar-refractivity contribution in [2.24, 2.45) is 5.92 Å². The molecule has 1 aromatic carbocycles. The standard InChI is InChI=1S/C14H15FN2/c1-10(11-5-6-11)17-9-13(8-16-17)12-3-2-4-14(15)7-12/h2-4,7-11H,5-6H2,1H3. The number of benzene rings is 1. The minimum Gasteiger partial charge on any atom is -0.269 e. The van der Waals surface area contributed by atoms with Crippen LogP contribution in [-0.2, 0) is 0 Å². The summed E-state index contributed by atoms with van der Waals surface area (Å²) in [6, 6.07) is 7.10. The molecule has 0 spiro atoms. The van der Waals surface area contributed by atoms with Crippen molar-refractivity contribution in [2.45, 2.75) is 25.8 Å². The molecule has 1 saturated carbocycles. The quantitative estimate of drug-likeness (QED) is 0.786. The normalized spacial score (nSPS) is 17.1. The molecule has 88 valence electrons. The molecule has 0 bridgehead atoms. The topological polar surface area (TPSA) is 17.8 Å². The van der Waals surface area contributed by atoms with Gasteiger partial charge in [-0.2, -0.15) is 5.10 Å². The highest BCUT2D eigenvalue weighted by Gasteiger charge is 2.29. The maximum absolute atomic E-state index is 13.1. The second kappa shape index (κ2) is 3.99. The van der Waals surface area contributed by atoms with E-state index in [0.717, 1.165) is 17.0 Å². The van der Waals surface area contributed by atoms with E-state index < -0.39 is 0 Å². The predicted octanol–water partition coefficient (Wildman–Crippen LogP) is 3.66. The van der Waals surface area contributed by atoms with Crippen molar-refractivity contribution < 1.29 is 4.39 Å². The predicted molar refractivity (Wildman–Crippen MR) is 65.1 cm³/mol. The van der Waals surface area contributed by atoms with E-state index >= 15 is 0 Å². The van der Waals surface area contributed by atoms with Gasteiger partial charge < -0.3 is 0 Å². The van der Waals surface area contributed by atoms with Crippen LogP contribution in [0, 0.1) is 11.7 Å². The van der Waals surface area contributed by atoms with Crippen LogP contribution in [0.25, 0.3) is 11.1 Å². The molecule has 1 unspecified atom stereocenters. The molecule has 17 heavy (non-hydrogen) atoms. The summed E-state index contributed by atoms with van der Waals surface area (Å²) in [6.07, 6.45) is 6.43. The Labute approximate surface area is 100 Å². The van der Waals surface area contributed by atoms with Crippen LogP contribution < -0.4 is 0 Å². The van der Waals surface area contributed by atoms with Gasteiger partial charge >= 0.3 is 0 Å². The van der Waals surface area contributed by atoms with E-state index in [0.29, 0.717) is 6.04 Å². The molecule has 1 fully saturated rings. The highest BCUT2D eigenvalue weighted by molar-refractivity contribution is 5.61. The summed E-state index contributed by atoms with van der Waals surface area (Å²) in [6.45, 7) is 2.19. The molecule has 1 aliphatic carbocycles. The Bertz CT molecular complexity index is 529. The third kappa shape index (κ3) is 2.09. The molecule has 1 atom stereocenters. The molecular formula is C14H15FN2. The van der Waals surface area contributed by atoms with E-state index in [-0.39, 0.29) is 5.82 Å². The Morgan fingerprint density at radius 1 is 1.35 bits per heavy atom. The summed E-state index contributed by atoms with van der Waals surface area (Å²) in [7, 11) is 0. The number of aromatic nitrogens is 2. The fourth-order valence-corrected chi connectivity index (χ4v) is 2.17. The van der Waals surface area contributed by atoms with Crippen molar-refractivity contribution in [2.75, 3.05) is 0 Å². The lowest BCUT2D eigenvalue weighted by Crippen LogP contribution is -2.06. The molecule has 1 aliphatic rings. The average molecular weight is 230 g/mol. The smallest absolute Gasteiger partial charge is 0.123 e. The van der Waals surface area contributed by atoms with Crippen LogP contribution >= 0.6 is 0 Å². The zero-order valence-corrected chi connectivity index (χ0v) is 9.81. The van der Waals surface area contributed by atoms with E-state index in [9.17, 15) is 4.39 Å². The molecule has 0 saturated heterocycles. The van der Waals surface area contributed by atoms with E-state index in [2.05, 4.69) is 12.0 Å². The number of hydrogen-bond donors (Lipinski definition) is 0. The van der Waals surface area contributed by atoms with Gasteiger partial charge in [-0.25, -0.2) is 4.39 Å². The Morgan fingerprint density at radius 2 is 2.18 bits per heavy atom. The summed E-state index contributed by atoms with van der Waals surface area (Å²) in [5, 5.41) is 4.38. The summed E-state index contributed by atoms with van der Waals surface area (Å²) in [4.78, 5) is 0. The zero-order valence-electron chi connectivity index (χ0n) is 9.81. The van der Waals surface area contributed by atoms with Gasteiger partial charge in [-0.1, -0.05) is 12.1 Å². The average Bonchev–Trinajstić information content (AvgIpc) is 3.05. The number of halogens is 1. The highest BCUT2D eigenvalue weighted by atomic mass is 19.1. The van der Waals surface area contributed by atoms with Crippen LogP contribution in [0.15, 0.2) is 36.7 Å². The first kappa shape index (κ1) is 10.5. The fourth-order valence-electron chi connectivity index (χ4n) is 2.17. The number of nitrogens with zero attached hydrogens (tertiary/aromatic N) is 2. The van der Waals surface area contributed by atoms with Crippen LogP contribution in [0.1, 0.15) is 25.8 Å². The van der Waals surface area contributed by atoms with Gasteiger partial charge in [-0.05, 0) is 43.4 Å². The first-order valence-electron chi connectivity index (χ1n) is 6.04. The van der Waals surface area contributed by atoms with Gasteiger partial charge in [0.2, 0.25) is 0 Å². The number of rotatable bonds is 3. The second-order valence-electron chi connectivity index (χ2n) is 4.80. The highest BCUT2D eigenvalue weighted by Crippen LogP contribution is 2.39. The van der Waals surface area contributed by atoms with Crippen LogP contribution in [0.5, 0.6) is 0 Å². The summed E-state index contributed by atoms with van der Waals surface area (Å²) >= 11 is 0. The minimum absolute atomic E-state index is 0.203. The number of hydrogen-bond acceptors (Lipinski definition) is 1. The molecule has 0 amide bonds. The van der Waals surface area contributed by atoms with Crippen molar-refractivity contribution in [3.8, 4) is 11.1 Å². The van der Waals surface area contributed by atoms with Crippen LogP contribution in [-0.4, -0.2) is 9.78 Å². The Kier molecular flexibility index (Phi) is 2.46. The first-order chi connectivity index (χ1) is 8.24. The van der Waals surface area contributed by atoms with Crippen LogP contribution in [0.4, 0.5) is 4.39 Å². The molecule has 1 heterocycles. The lowest BCUT2D eigenvalue weighted by atomic mass is 10.1. The lowest BCUT2D eigenvalue weighted by Gasteiger charge is -2.09. The molecule has 0 N–H and O–H groups in total. The van der Waals surface area contributed by atoms with Crippen LogP contribution in [0.3, 0.4) is 0 Å². The Morgan fingerprint density at radius 3 is 2.88 bits per heavy atom. The maximum Gasteiger partial charge on any atom is 0.123 e. The summed E-state index contributed by atoms with van der Waals surface area (Å²) < 4.78 is 15.1. The van der Waals surface area contributed by atoms with Crippen molar-refractivity contribution in [3.63, 3.8) is 0 Å². The van der Waals surface area contributed by atoms with Crippen molar-refractivity contribution in [1.82, 2.24) is 9.78 Å². The van der Waals surface area contributed by atoms with Gasteiger partial charge in [0.25, 0.3) is 0 Å². The first-order valence-corrected chi connectivity index (χ1v) is 6.04. The van der Waals surface area contributed by atoms with E-state index in [4.69, 9.17) is 0 Å². The Balaban J connectivity index is 1.89. The van der Waals surface area contributed by atoms with Gasteiger partial charge in [-0.3, -0.25) is 4.68 Å². The molecule has 1 aromatic heterocycles. The SMILES string of the molecule is CC(C1CC1)n1cc(-c2cccc(F)c2)cn1. The van der Waals surface area contributed by atoms with Gasteiger partial charge in [-0.15, -0.1) is 0 Å². The van der Waals surface area contributed by atoms with Gasteiger partial charge in [0.05, 0.1) is 12.2 Å². The largest absolute Gasteiger partial charge is 0.269 e. The second-order valence-corrected chi connectivity index (χ2v) is 4.80. The molecule has 2 aromatic rings. The van der Waals surface area contributed by atoms with E-state index in [1.54, 1.807) is 12.1 Å². The summed E-state index contributed by atoms with van der Waals surface area (Å²) in [5.41, 5.74) is 1.87. The minimum atomic E-state index is -0.203. The molecular weight excluding hydrogens is 215 g/mol. The van der Waals surface area contributed by atoms with Crippen molar-refractivity contribution in [3.05, 3.63) is 42.5 Å². The maximum atomic E-state index is 13.1. The monoisotopic (exact) mass is 230 g/mol. The molecule has 3 heteroatoms. The van der Waals surface area contributed by atoms with Crippen molar-refractivity contribution in [1.29, 1.82) is 0 Å². The van der Waals surface area contributed by atoms with Crippen LogP contribution in [0.2, 0.25) is 0 Å².